The highest BCUT2D eigenvalue weighted by atomic mass is 32.1. The summed E-state index contributed by atoms with van der Waals surface area (Å²) in [6, 6.07) is 0.644. The number of rotatable bonds is 4. The minimum Gasteiger partial charge on any atom is -0.368 e. The fourth-order valence-electron chi connectivity index (χ4n) is 3.07. The van der Waals surface area contributed by atoms with Crippen LogP contribution >= 0.6 is 11.3 Å². The number of nitrogens with one attached hydrogen (secondary N) is 1. The third-order valence-electron chi connectivity index (χ3n) is 4.38. The van der Waals surface area contributed by atoms with Gasteiger partial charge in [0, 0.05) is 17.5 Å². The lowest BCUT2D eigenvalue weighted by atomic mass is 10.2. The van der Waals surface area contributed by atoms with E-state index in [2.05, 4.69) is 41.0 Å². The van der Waals surface area contributed by atoms with Crippen LogP contribution in [0.2, 0.25) is 0 Å². The van der Waals surface area contributed by atoms with Crippen molar-refractivity contribution in [1.82, 2.24) is 14.9 Å². The number of nitrogens with zero attached hydrogens (tertiary/aromatic N) is 3. The van der Waals surface area contributed by atoms with Crippen molar-refractivity contribution in [3.05, 3.63) is 16.8 Å². The first-order chi connectivity index (χ1) is 9.70. The van der Waals surface area contributed by atoms with Gasteiger partial charge >= 0.3 is 0 Å². The van der Waals surface area contributed by atoms with Gasteiger partial charge in [0.1, 0.15) is 17.0 Å². The number of hydrogen-bond donors (Lipinski definition) is 1. The second-order valence-corrected chi connectivity index (χ2v) is 6.69. The molecule has 3 rings (SSSR count). The molecule has 108 valence electrons. The highest BCUT2D eigenvalue weighted by Gasteiger charge is 2.23. The van der Waals surface area contributed by atoms with Crippen LogP contribution in [0.1, 0.15) is 30.2 Å². The molecule has 4 nitrogen and oxygen atoms in total. The number of likely N-dealkylation sites (N-methyl/N-ethyl adjacent to an activating group) is 1. The zero-order chi connectivity index (χ0) is 14.1. The van der Waals surface area contributed by atoms with Crippen molar-refractivity contribution < 1.29 is 0 Å². The standard InChI is InChI=1S/C15H22N4S/c1-4-19-7-5-6-12(19)8-16-14-13-10(2)11(3)20-15(13)18-9-17-14/h9,12H,4-8H2,1-3H3,(H,16,17,18). The van der Waals surface area contributed by atoms with E-state index >= 15 is 0 Å². The molecule has 1 fully saturated rings. The smallest absolute Gasteiger partial charge is 0.138 e. The van der Waals surface area contributed by atoms with Crippen molar-refractivity contribution in [2.24, 2.45) is 0 Å². The van der Waals surface area contributed by atoms with Crippen LogP contribution < -0.4 is 5.32 Å². The van der Waals surface area contributed by atoms with Crippen molar-refractivity contribution in [1.29, 1.82) is 0 Å². The van der Waals surface area contributed by atoms with E-state index in [-0.39, 0.29) is 0 Å². The van der Waals surface area contributed by atoms with E-state index in [1.165, 1.54) is 35.2 Å². The molecule has 20 heavy (non-hydrogen) atoms. The van der Waals surface area contributed by atoms with Crippen molar-refractivity contribution >= 4 is 27.4 Å². The van der Waals surface area contributed by atoms with E-state index in [1.807, 2.05) is 0 Å². The van der Waals surface area contributed by atoms with Gasteiger partial charge < -0.3 is 5.32 Å². The summed E-state index contributed by atoms with van der Waals surface area (Å²) in [5.41, 5.74) is 1.31. The van der Waals surface area contributed by atoms with E-state index in [0.717, 1.165) is 23.7 Å². The Balaban J connectivity index is 1.81. The predicted octanol–water partition coefficient (Wildman–Crippen LogP) is 3.20. The first kappa shape index (κ1) is 13.8. The summed E-state index contributed by atoms with van der Waals surface area (Å²) < 4.78 is 0. The van der Waals surface area contributed by atoms with E-state index in [9.17, 15) is 0 Å². The van der Waals surface area contributed by atoms with Crippen LogP contribution in [0.4, 0.5) is 5.82 Å². The molecular weight excluding hydrogens is 268 g/mol. The molecule has 2 aromatic rings. The molecular formula is C15H22N4S. The quantitative estimate of drug-likeness (QED) is 0.939. The van der Waals surface area contributed by atoms with Crippen molar-refractivity contribution in [2.75, 3.05) is 25.0 Å². The number of thiophene rings is 1. The number of aromatic nitrogens is 2. The third kappa shape index (κ3) is 2.40. The molecule has 1 N–H and O–H groups in total. The van der Waals surface area contributed by atoms with Crippen LogP contribution in [-0.4, -0.2) is 40.5 Å². The van der Waals surface area contributed by atoms with Gasteiger partial charge in [-0.1, -0.05) is 6.92 Å². The molecule has 3 heterocycles. The zero-order valence-electron chi connectivity index (χ0n) is 12.4. The highest BCUT2D eigenvalue weighted by molar-refractivity contribution is 7.18. The summed E-state index contributed by atoms with van der Waals surface area (Å²) in [7, 11) is 0. The van der Waals surface area contributed by atoms with Gasteiger partial charge in [-0.15, -0.1) is 11.3 Å². The fourth-order valence-corrected chi connectivity index (χ4v) is 4.07. The van der Waals surface area contributed by atoms with Gasteiger partial charge in [-0.2, -0.15) is 0 Å². The predicted molar refractivity (Wildman–Crippen MR) is 85.6 cm³/mol. The van der Waals surface area contributed by atoms with E-state index in [0.29, 0.717) is 6.04 Å². The van der Waals surface area contributed by atoms with Crippen LogP contribution in [0.25, 0.3) is 10.2 Å². The Kier molecular flexibility index (Phi) is 3.89. The molecule has 1 unspecified atom stereocenters. The lowest BCUT2D eigenvalue weighted by molar-refractivity contribution is 0.277. The molecule has 1 saturated heterocycles. The van der Waals surface area contributed by atoms with Gasteiger partial charge in [0.15, 0.2) is 0 Å². The number of hydrogen-bond acceptors (Lipinski definition) is 5. The second-order valence-electron chi connectivity index (χ2n) is 5.49. The van der Waals surface area contributed by atoms with Gasteiger partial charge in [-0.25, -0.2) is 9.97 Å². The summed E-state index contributed by atoms with van der Waals surface area (Å²) in [5.74, 6) is 1.000. The van der Waals surface area contributed by atoms with E-state index in [4.69, 9.17) is 0 Å². The SMILES string of the molecule is CCN1CCCC1CNc1ncnc2sc(C)c(C)c12. The van der Waals surface area contributed by atoms with E-state index in [1.54, 1.807) is 17.7 Å². The number of likely N-dealkylation sites (tertiary alicyclic amines) is 1. The lowest BCUT2D eigenvalue weighted by Gasteiger charge is -2.23. The van der Waals surface area contributed by atoms with Gasteiger partial charge in [-0.05, 0) is 45.3 Å². The molecule has 1 aliphatic heterocycles. The van der Waals surface area contributed by atoms with Gasteiger partial charge in [0.05, 0.1) is 5.39 Å². The molecule has 1 atom stereocenters. The normalized spacial score (nSPS) is 19.9. The zero-order valence-corrected chi connectivity index (χ0v) is 13.3. The van der Waals surface area contributed by atoms with Crippen LogP contribution in [0, 0.1) is 13.8 Å². The lowest BCUT2D eigenvalue weighted by Crippen LogP contribution is -2.34. The maximum atomic E-state index is 4.46. The highest BCUT2D eigenvalue weighted by Crippen LogP contribution is 2.32. The van der Waals surface area contributed by atoms with Crippen molar-refractivity contribution in [3.8, 4) is 0 Å². The maximum Gasteiger partial charge on any atom is 0.138 e. The van der Waals surface area contributed by atoms with E-state index < -0.39 is 0 Å². The third-order valence-corrected chi connectivity index (χ3v) is 5.49. The van der Waals surface area contributed by atoms with Crippen LogP contribution in [0.3, 0.4) is 0 Å². The van der Waals surface area contributed by atoms with Crippen LogP contribution in [0.15, 0.2) is 6.33 Å². The Labute approximate surface area is 124 Å². The average molecular weight is 290 g/mol. The summed E-state index contributed by atoms with van der Waals surface area (Å²) in [5, 5.41) is 4.77. The average Bonchev–Trinajstić information content (AvgIpc) is 3.02. The first-order valence-electron chi connectivity index (χ1n) is 7.39. The fraction of sp³-hybridized carbons (Fsp3) is 0.600. The minimum atomic E-state index is 0.644. The molecule has 0 bridgehead atoms. The van der Waals surface area contributed by atoms with Gasteiger partial charge in [-0.3, -0.25) is 4.90 Å². The molecule has 0 radical (unpaired) electrons. The molecule has 0 amide bonds. The first-order valence-corrected chi connectivity index (χ1v) is 8.21. The summed E-state index contributed by atoms with van der Waals surface area (Å²) >= 11 is 1.75. The Bertz CT molecular complexity index is 607. The summed E-state index contributed by atoms with van der Waals surface area (Å²) in [4.78, 5) is 13.8. The second kappa shape index (κ2) is 5.66. The molecule has 5 heteroatoms. The van der Waals surface area contributed by atoms with Crippen molar-refractivity contribution in [3.63, 3.8) is 0 Å². The largest absolute Gasteiger partial charge is 0.368 e. The molecule has 1 aliphatic rings. The molecule has 0 spiro atoms. The monoisotopic (exact) mass is 290 g/mol. The Morgan fingerprint density at radius 2 is 2.25 bits per heavy atom. The number of aryl methyl sites for hydroxylation is 2. The van der Waals surface area contributed by atoms with Crippen LogP contribution in [-0.2, 0) is 0 Å². The molecule has 2 aromatic heterocycles. The molecule has 0 saturated carbocycles. The topological polar surface area (TPSA) is 41.0 Å². The number of fused-ring (bicyclic) bond motifs is 1. The van der Waals surface area contributed by atoms with Crippen LogP contribution in [0.5, 0.6) is 0 Å². The maximum absolute atomic E-state index is 4.46. The van der Waals surface area contributed by atoms with Crippen molar-refractivity contribution in [2.45, 2.75) is 39.7 Å². The summed E-state index contributed by atoms with van der Waals surface area (Å²) in [6.45, 7) is 9.92. The Morgan fingerprint density at radius 3 is 3.05 bits per heavy atom. The van der Waals surface area contributed by atoms with Gasteiger partial charge in [0.25, 0.3) is 0 Å². The minimum absolute atomic E-state index is 0.644. The molecule has 0 aliphatic carbocycles. The Morgan fingerprint density at radius 1 is 1.40 bits per heavy atom. The summed E-state index contributed by atoms with van der Waals surface area (Å²) in [6.07, 6.45) is 4.28. The van der Waals surface area contributed by atoms with Gasteiger partial charge in [0.2, 0.25) is 0 Å². The Hall–Kier alpha value is -1.20. The number of anilines is 1. The molecule has 0 aromatic carbocycles.